The van der Waals surface area contributed by atoms with Crippen molar-refractivity contribution in [3.63, 3.8) is 0 Å². The van der Waals surface area contributed by atoms with Crippen molar-refractivity contribution in [2.45, 2.75) is 52.4 Å². The van der Waals surface area contributed by atoms with Gasteiger partial charge in [-0.25, -0.2) is 0 Å². The summed E-state index contributed by atoms with van der Waals surface area (Å²) in [6, 6.07) is 2.09. The van der Waals surface area contributed by atoms with Crippen LogP contribution >= 0.6 is 11.3 Å². The molecule has 0 amide bonds. The number of rotatable bonds is 8. The summed E-state index contributed by atoms with van der Waals surface area (Å²) in [4.78, 5) is 11.5. The summed E-state index contributed by atoms with van der Waals surface area (Å²) in [7, 11) is 0. The van der Waals surface area contributed by atoms with Gasteiger partial charge in [0.25, 0.3) is 0 Å². The summed E-state index contributed by atoms with van der Waals surface area (Å²) in [6.07, 6.45) is 5.24. The lowest BCUT2D eigenvalue weighted by atomic mass is 9.76. The highest BCUT2D eigenvalue weighted by Gasteiger charge is 2.35. The summed E-state index contributed by atoms with van der Waals surface area (Å²) in [6.45, 7) is 4.11. The molecule has 2 nitrogen and oxygen atoms in total. The molecule has 1 aromatic rings. The molecule has 0 aliphatic heterocycles. The van der Waals surface area contributed by atoms with E-state index in [4.69, 9.17) is 0 Å². The Labute approximate surface area is 108 Å². The van der Waals surface area contributed by atoms with E-state index in [1.807, 2.05) is 6.92 Å². The molecule has 1 unspecified atom stereocenters. The van der Waals surface area contributed by atoms with Gasteiger partial charge in [-0.05, 0) is 48.1 Å². The van der Waals surface area contributed by atoms with Crippen LogP contribution in [0.1, 0.15) is 51.5 Å². The third-order valence-electron chi connectivity index (χ3n) is 3.61. The minimum atomic E-state index is -0.622. The molecule has 96 valence electrons. The monoisotopic (exact) mass is 254 g/mol. The Hall–Kier alpha value is -0.830. The maximum Gasteiger partial charge on any atom is 0.309 e. The number of aryl methyl sites for hydroxylation is 1. The number of carboxylic acid groups (broad SMARTS) is 1. The van der Waals surface area contributed by atoms with E-state index in [9.17, 15) is 9.90 Å². The average molecular weight is 254 g/mol. The zero-order chi connectivity index (χ0) is 12.7. The van der Waals surface area contributed by atoms with Crippen LogP contribution in [-0.4, -0.2) is 11.1 Å². The number of hydrogen-bond acceptors (Lipinski definition) is 2. The Morgan fingerprint density at radius 2 is 2.18 bits per heavy atom. The SMILES string of the molecule is CCCCC(CC)(CCc1ccsc1)C(=O)O. The first-order valence-corrected chi connectivity index (χ1v) is 7.33. The lowest BCUT2D eigenvalue weighted by Gasteiger charge is -2.28. The largest absolute Gasteiger partial charge is 0.481 e. The Morgan fingerprint density at radius 1 is 1.41 bits per heavy atom. The van der Waals surface area contributed by atoms with Gasteiger partial charge >= 0.3 is 5.97 Å². The normalized spacial score (nSPS) is 14.5. The van der Waals surface area contributed by atoms with Crippen molar-refractivity contribution in [3.8, 4) is 0 Å². The fourth-order valence-corrected chi connectivity index (χ4v) is 2.88. The standard InChI is InChI=1S/C14H22O2S/c1-3-5-8-14(4-2,13(15)16)9-6-12-7-10-17-11-12/h7,10-11H,3-6,8-9H2,1-2H3,(H,15,16). The van der Waals surface area contributed by atoms with Crippen LogP contribution in [0.2, 0.25) is 0 Å². The van der Waals surface area contributed by atoms with E-state index in [1.165, 1.54) is 5.56 Å². The molecule has 0 bridgehead atoms. The second-order valence-corrected chi connectivity index (χ2v) is 5.45. The van der Waals surface area contributed by atoms with Crippen LogP contribution in [0.4, 0.5) is 0 Å². The highest BCUT2D eigenvalue weighted by atomic mass is 32.1. The van der Waals surface area contributed by atoms with Crippen LogP contribution in [0.15, 0.2) is 16.8 Å². The lowest BCUT2D eigenvalue weighted by Crippen LogP contribution is -2.31. The first-order valence-electron chi connectivity index (χ1n) is 6.39. The van der Waals surface area contributed by atoms with Crippen molar-refractivity contribution in [1.82, 2.24) is 0 Å². The van der Waals surface area contributed by atoms with Crippen molar-refractivity contribution in [2.75, 3.05) is 0 Å². The van der Waals surface area contributed by atoms with Gasteiger partial charge in [0.2, 0.25) is 0 Å². The highest BCUT2D eigenvalue weighted by Crippen LogP contribution is 2.34. The number of aliphatic carboxylic acids is 1. The van der Waals surface area contributed by atoms with Crippen LogP contribution in [0, 0.1) is 5.41 Å². The van der Waals surface area contributed by atoms with E-state index in [-0.39, 0.29) is 0 Å². The molecule has 1 atom stereocenters. The number of hydrogen-bond donors (Lipinski definition) is 1. The molecule has 0 aliphatic carbocycles. The number of thiophene rings is 1. The average Bonchev–Trinajstić information content (AvgIpc) is 2.82. The molecule has 3 heteroatoms. The molecule has 0 spiro atoms. The van der Waals surface area contributed by atoms with Crippen LogP contribution in [0.5, 0.6) is 0 Å². The second kappa shape index (κ2) is 6.80. The van der Waals surface area contributed by atoms with E-state index < -0.39 is 11.4 Å². The first kappa shape index (κ1) is 14.2. The topological polar surface area (TPSA) is 37.3 Å². The minimum absolute atomic E-state index is 0.516. The molecule has 1 heterocycles. The van der Waals surface area contributed by atoms with Crippen LogP contribution < -0.4 is 0 Å². The maximum atomic E-state index is 11.5. The Bertz CT molecular complexity index is 332. The molecule has 0 aliphatic rings. The lowest BCUT2D eigenvalue weighted by molar-refractivity contribution is -0.150. The maximum absolute atomic E-state index is 11.5. The van der Waals surface area contributed by atoms with Gasteiger partial charge in [-0.1, -0.05) is 26.7 Å². The third-order valence-corrected chi connectivity index (χ3v) is 4.34. The quantitative estimate of drug-likeness (QED) is 0.748. The fourth-order valence-electron chi connectivity index (χ4n) is 2.18. The molecule has 1 N–H and O–H groups in total. The van der Waals surface area contributed by atoms with Crippen molar-refractivity contribution in [1.29, 1.82) is 0 Å². The predicted octanol–water partition coefficient (Wildman–Crippen LogP) is 4.35. The van der Waals surface area contributed by atoms with Gasteiger partial charge < -0.3 is 5.11 Å². The summed E-state index contributed by atoms with van der Waals surface area (Å²) in [5.41, 5.74) is 0.753. The number of carbonyl (C=O) groups is 1. The Kier molecular flexibility index (Phi) is 5.69. The van der Waals surface area contributed by atoms with Gasteiger partial charge in [-0.15, -0.1) is 0 Å². The third kappa shape index (κ3) is 3.84. The summed E-state index contributed by atoms with van der Waals surface area (Å²) in [5, 5.41) is 13.6. The molecular formula is C14H22O2S. The Morgan fingerprint density at radius 3 is 2.65 bits per heavy atom. The van der Waals surface area contributed by atoms with Crippen molar-refractivity contribution in [2.24, 2.45) is 5.41 Å². The molecule has 17 heavy (non-hydrogen) atoms. The van der Waals surface area contributed by atoms with Crippen LogP contribution in [0.3, 0.4) is 0 Å². The van der Waals surface area contributed by atoms with E-state index >= 15 is 0 Å². The van der Waals surface area contributed by atoms with Gasteiger partial charge in [0.15, 0.2) is 0 Å². The summed E-state index contributed by atoms with van der Waals surface area (Å²) >= 11 is 1.68. The van der Waals surface area contributed by atoms with E-state index in [2.05, 4.69) is 23.8 Å². The summed E-state index contributed by atoms with van der Waals surface area (Å²) in [5.74, 6) is -0.622. The predicted molar refractivity (Wildman–Crippen MR) is 72.5 cm³/mol. The molecular weight excluding hydrogens is 232 g/mol. The van der Waals surface area contributed by atoms with Gasteiger partial charge in [0.05, 0.1) is 5.41 Å². The number of carboxylic acids is 1. The Balaban J connectivity index is 2.64. The van der Waals surface area contributed by atoms with Gasteiger partial charge in [-0.2, -0.15) is 11.3 Å². The zero-order valence-corrected chi connectivity index (χ0v) is 11.6. The second-order valence-electron chi connectivity index (χ2n) is 4.67. The molecule has 1 rings (SSSR count). The van der Waals surface area contributed by atoms with Gasteiger partial charge in [-0.3, -0.25) is 4.79 Å². The molecule has 0 fully saturated rings. The van der Waals surface area contributed by atoms with Crippen molar-refractivity contribution in [3.05, 3.63) is 22.4 Å². The van der Waals surface area contributed by atoms with Crippen molar-refractivity contribution >= 4 is 17.3 Å². The van der Waals surface area contributed by atoms with Crippen molar-refractivity contribution < 1.29 is 9.90 Å². The van der Waals surface area contributed by atoms with E-state index in [1.54, 1.807) is 11.3 Å². The van der Waals surface area contributed by atoms with Gasteiger partial charge in [0.1, 0.15) is 0 Å². The highest BCUT2D eigenvalue weighted by molar-refractivity contribution is 7.07. The smallest absolute Gasteiger partial charge is 0.309 e. The minimum Gasteiger partial charge on any atom is -0.481 e. The van der Waals surface area contributed by atoms with E-state index in [0.717, 1.165) is 38.5 Å². The van der Waals surface area contributed by atoms with Crippen LogP contribution in [0.25, 0.3) is 0 Å². The molecule has 1 aromatic heterocycles. The molecule has 0 radical (unpaired) electrons. The zero-order valence-electron chi connectivity index (χ0n) is 10.7. The summed E-state index contributed by atoms with van der Waals surface area (Å²) < 4.78 is 0. The molecule has 0 saturated heterocycles. The first-order chi connectivity index (χ1) is 8.14. The van der Waals surface area contributed by atoms with Gasteiger partial charge in [0, 0.05) is 0 Å². The van der Waals surface area contributed by atoms with E-state index in [0.29, 0.717) is 0 Å². The molecule has 0 saturated carbocycles. The number of unbranched alkanes of at least 4 members (excludes halogenated alkanes) is 1. The fraction of sp³-hybridized carbons (Fsp3) is 0.643. The van der Waals surface area contributed by atoms with Crippen LogP contribution in [-0.2, 0) is 11.2 Å². The molecule has 0 aromatic carbocycles.